The van der Waals surface area contributed by atoms with E-state index in [9.17, 15) is 19.3 Å². The molecule has 0 spiro atoms. The lowest BCUT2D eigenvalue weighted by Gasteiger charge is -2.18. The molecule has 0 aliphatic carbocycles. The van der Waals surface area contributed by atoms with Gasteiger partial charge in [-0.2, -0.15) is 0 Å². The number of phosphoric ester groups is 1. The molecule has 0 saturated carbocycles. The van der Waals surface area contributed by atoms with E-state index in [4.69, 9.17) is 19.3 Å². The third-order valence-corrected chi connectivity index (χ3v) is 8.54. The number of aliphatic hydroxyl groups is 1. The van der Waals surface area contributed by atoms with E-state index < -0.39 is 38.6 Å². The molecule has 0 aliphatic heterocycles. The van der Waals surface area contributed by atoms with Crippen molar-refractivity contribution < 1.29 is 43.0 Å². The monoisotopic (exact) mass is 812 g/mol. The molecule has 0 saturated heterocycles. The number of rotatable bonds is 36. The zero-order valence-corrected chi connectivity index (χ0v) is 35.7. The van der Waals surface area contributed by atoms with Crippen LogP contribution < -0.4 is 0 Å². The topological polar surface area (TPSA) is 140 Å². The van der Waals surface area contributed by atoms with E-state index in [1.165, 1.54) is 25.7 Å². The van der Waals surface area contributed by atoms with Crippen LogP contribution in [-0.2, 0) is 28.2 Å². The Labute approximate surface area is 344 Å². The molecular formula is C47H73O9P. The molecule has 320 valence electrons. The minimum absolute atomic E-state index is 0.00974. The molecule has 0 aliphatic rings. The van der Waals surface area contributed by atoms with Gasteiger partial charge in [-0.1, -0.05) is 155 Å². The zero-order chi connectivity index (χ0) is 41.9. The smallest absolute Gasteiger partial charge is 0.462 e. The molecule has 10 heteroatoms. The Hall–Kier alpha value is -3.59. The Morgan fingerprint density at radius 2 is 1.09 bits per heavy atom. The second-order valence-electron chi connectivity index (χ2n) is 13.4. The van der Waals surface area contributed by atoms with Gasteiger partial charge in [-0.15, -0.1) is 0 Å². The van der Waals surface area contributed by atoms with Gasteiger partial charge in [0.05, 0.1) is 12.7 Å². The summed E-state index contributed by atoms with van der Waals surface area (Å²) in [6.45, 7) is 3.35. The molecule has 0 fully saturated rings. The number of hydrogen-bond donors (Lipinski definition) is 3. The van der Waals surface area contributed by atoms with Crippen molar-refractivity contribution in [2.75, 3.05) is 13.2 Å². The van der Waals surface area contributed by atoms with Crippen molar-refractivity contribution in [1.82, 2.24) is 0 Å². The first-order chi connectivity index (χ1) is 27.7. The van der Waals surface area contributed by atoms with Gasteiger partial charge in [0, 0.05) is 12.8 Å². The molecule has 3 N–H and O–H groups in total. The number of ether oxygens (including phenoxy) is 2. The van der Waals surface area contributed by atoms with Gasteiger partial charge < -0.3 is 24.4 Å². The van der Waals surface area contributed by atoms with Crippen molar-refractivity contribution >= 4 is 19.8 Å². The highest BCUT2D eigenvalue weighted by molar-refractivity contribution is 7.46. The molecule has 0 aromatic rings. The quantitative estimate of drug-likeness (QED) is 0.0185. The predicted octanol–water partition coefficient (Wildman–Crippen LogP) is 11.9. The van der Waals surface area contributed by atoms with Gasteiger partial charge in [0.25, 0.3) is 0 Å². The maximum Gasteiger partial charge on any atom is 0.469 e. The largest absolute Gasteiger partial charge is 0.469 e. The first-order valence-corrected chi connectivity index (χ1v) is 22.5. The number of hydrogen-bond acceptors (Lipinski definition) is 7. The van der Waals surface area contributed by atoms with E-state index in [2.05, 4.69) is 103 Å². The summed E-state index contributed by atoms with van der Waals surface area (Å²) in [6.07, 6.45) is 55.2. The van der Waals surface area contributed by atoms with Gasteiger partial charge in [-0.25, -0.2) is 4.57 Å². The van der Waals surface area contributed by atoms with Gasteiger partial charge >= 0.3 is 19.8 Å². The molecule has 0 amide bonds. The summed E-state index contributed by atoms with van der Waals surface area (Å²) in [5.41, 5.74) is 0. The van der Waals surface area contributed by atoms with Crippen molar-refractivity contribution in [3.8, 4) is 0 Å². The van der Waals surface area contributed by atoms with Crippen LogP contribution in [0.4, 0.5) is 0 Å². The molecular weight excluding hydrogens is 739 g/mol. The van der Waals surface area contributed by atoms with Crippen molar-refractivity contribution in [1.29, 1.82) is 0 Å². The molecule has 2 atom stereocenters. The standard InChI is InChI=1S/C47H73O9P/c1-3-5-7-9-11-13-15-17-18-19-20-21-22-24-26-28-30-32-36-40-46(49)54-42-45(43-55-57(51,52)53)56-47(50)41-37-33-35-39-44(48)38-34-31-29-27-25-23-16-14-12-10-8-6-4-2/h6,8,11-14,17-18,20-21,23-26,29,31,33-35,38,44-45,48H,3-5,7,9-10,15-16,19,22,27-28,30,32,36-37,39-43H2,1-2H3,(H2,51,52,53)/b8-6-,13-11-,14-12-,18-17-,21-20-,25-23-,26-24-,31-29-,35-33-,38-34-/t44?,45-/m1/s1. The van der Waals surface area contributed by atoms with Crippen molar-refractivity contribution in [3.63, 3.8) is 0 Å². The fraction of sp³-hybridized carbons (Fsp3) is 0.532. The summed E-state index contributed by atoms with van der Waals surface area (Å²) in [7, 11) is -4.82. The van der Waals surface area contributed by atoms with Crippen molar-refractivity contribution in [3.05, 3.63) is 122 Å². The Bertz CT molecular complexity index is 1340. The lowest BCUT2D eigenvalue weighted by Crippen LogP contribution is -2.29. The predicted molar refractivity (Wildman–Crippen MR) is 235 cm³/mol. The van der Waals surface area contributed by atoms with Crippen LogP contribution in [0.2, 0.25) is 0 Å². The summed E-state index contributed by atoms with van der Waals surface area (Å²) >= 11 is 0. The Morgan fingerprint density at radius 1 is 0.561 bits per heavy atom. The van der Waals surface area contributed by atoms with Gasteiger partial charge in [-0.3, -0.25) is 14.1 Å². The van der Waals surface area contributed by atoms with Crippen LogP contribution >= 0.6 is 7.82 Å². The van der Waals surface area contributed by atoms with Crippen LogP contribution in [0.1, 0.15) is 136 Å². The zero-order valence-electron chi connectivity index (χ0n) is 34.8. The van der Waals surface area contributed by atoms with E-state index >= 15 is 0 Å². The van der Waals surface area contributed by atoms with Crippen LogP contribution in [0.3, 0.4) is 0 Å². The first-order valence-electron chi connectivity index (χ1n) is 20.9. The Morgan fingerprint density at radius 3 is 1.65 bits per heavy atom. The number of unbranched alkanes of at least 4 members (excludes halogenated alkanes) is 6. The number of carbonyl (C=O) groups is 2. The summed E-state index contributed by atoms with van der Waals surface area (Å²) in [5, 5.41) is 10.1. The molecule has 9 nitrogen and oxygen atoms in total. The average Bonchev–Trinajstić information content (AvgIpc) is 3.18. The average molecular weight is 813 g/mol. The molecule has 0 bridgehead atoms. The summed E-state index contributed by atoms with van der Waals surface area (Å²) in [4.78, 5) is 42.8. The van der Waals surface area contributed by atoms with Gasteiger partial charge in [0.15, 0.2) is 6.10 Å². The van der Waals surface area contributed by atoms with Crippen molar-refractivity contribution in [2.45, 2.75) is 148 Å². The van der Waals surface area contributed by atoms with Gasteiger partial charge in [-0.05, 0) is 89.9 Å². The third-order valence-electron chi connectivity index (χ3n) is 8.06. The molecule has 0 aromatic heterocycles. The highest BCUT2D eigenvalue weighted by Gasteiger charge is 2.22. The van der Waals surface area contributed by atoms with Crippen LogP contribution in [0.15, 0.2) is 122 Å². The first kappa shape index (κ1) is 53.4. The van der Waals surface area contributed by atoms with Gasteiger partial charge in [0.2, 0.25) is 0 Å². The highest BCUT2D eigenvalue weighted by Crippen LogP contribution is 2.35. The number of allylic oxidation sites excluding steroid dienone is 18. The number of aliphatic hydroxyl groups excluding tert-OH is 1. The SMILES string of the molecule is CC/C=C\C/C=C\C/C=C\C/C=C\C=C/C(O)C/C=C\CCC(=O)O[C@H](COC(=O)CCCCC/C=C\C/C=C\C/C=C\C/C=C\CCCCC)COP(=O)(O)O. The van der Waals surface area contributed by atoms with Crippen LogP contribution in [-0.4, -0.2) is 52.3 Å². The molecule has 0 aromatic carbocycles. The van der Waals surface area contributed by atoms with E-state index in [0.29, 0.717) is 19.3 Å². The van der Waals surface area contributed by atoms with E-state index in [1.807, 2.05) is 12.2 Å². The second kappa shape index (κ2) is 40.6. The molecule has 0 radical (unpaired) electrons. The van der Waals surface area contributed by atoms with E-state index in [-0.39, 0.29) is 19.4 Å². The maximum atomic E-state index is 12.4. The molecule has 57 heavy (non-hydrogen) atoms. The van der Waals surface area contributed by atoms with Crippen LogP contribution in [0.5, 0.6) is 0 Å². The molecule has 0 heterocycles. The highest BCUT2D eigenvalue weighted by atomic mass is 31.2. The maximum absolute atomic E-state index is 12.4. The summed E-state index contributed by atoms with van der Waals surface area (Å²) in [5.74, 6) is -1.12. The second-order valence-corrected chi connectivity index (χ2v) is 14.7. The number of carbonyl (C=O) groups excluding carboxylic acids is 2. The third kappa shape index (κ3) is 43.4. The van der Waals surface area contributed by atoms with Crippen LogP contribution in [0.25, 0.3) is 0 Å². The lowest BCUT2D eigenvalue weighted by molar-refractivity contribution is -0.161. The minimum Gasteiger partial charge on any atom is -0.462 e. The summed E-state index contributed by atoms with van der Waals surface area (Å²) in [6, 6.07) is 0. The minimum atomic E-state index is -4.82. The Balaban J connectivity index is 4.24. The summed E-state index contributed by atoms with van der Waals surface area (Å²) < 4.78 is 26.2. The number of phosphoric acid groups is 1. The van der Waals surface area contributed by atoms with Crippen LogP contribution in [0, 0.1) is 0 Å². The number of esters is 2. The molecule has 0 rings (SSSR count). The fourth-order valence-electron chi connectivity index (χ4n) is 4.93. The Kier molecular flexibility index (Phi) is 38.0. The van der Waals surface area contributed by atoms with E-state index in [1.54, 1.807) is 24.3 Å². The van der Waals surface area contributed by atoms with Crippen molar-refractivity contribution in [2.24, 2.45) is 0 Å². The van der Waals surface area contributed by atoms with Gasteiger partial charge in [0.1, 0.15) is 6.61 Å². The fourth-order valence-corrected chi connectivity index (χ4v) is 5.30. The van der Waals surface area contributed by atoms with E-state index in [0.717, 1.165) is 64.2 Å². The normalized spacial score (nSPS) is 14.3. The molecule has 1 unspecified atom stereocenters. The lowest BCUT2D eigenvalue weighted by atomic mass is 10.1.